The third-order valence-electron chi connectivity index (χ3n) is 3.12. The molecule has 0 amide bonds. The van der Waals surface area contributed by atoms with E-state index in [1.54, 1.807) is 6.08 Å². The maximum Gasteiger partial charge on any atom is 0.184 e. The first-order valence-electron chi connectivity index (χ1n) is 5.96. The molecule has 0 N–H and O–H groups in total. The van der Waals surface area contributed by atoms with Gasteiger partial charge in [-0.15, -0.1) is 0 Å². The van der Waals surface area contributed by atoms with Crippen LogP contribution in [0.1, 0.15) is 11.6 Å². The molecular formula is C16H13NO. The lowest BCUT2D eigenvalue weighted by atomic mass is 10.0. The van der Waals surface area contributed by atoms with E-state index in [1.807, 2.05) is 71.8 Å². The summed E-state index contributed by atoms with van der Waals surface area (Å²) >= 11 is 0. The lowest BCUT2D eigenvalue weighted by Crippen LogP contribution is -2.23. The van der Waals surface area contributed by atoms with E-state index < -0.39 is 0 Å². The van der Waals surface area contributed by atoms with Crippen molar-refractivity contribution in [2.24, 2.45) is 0 Å². The normalized spacial score (nSPS) is 18.3. The van der Waals surface area contributed by atoms with E-state index in [0.717, 1.165) is 11.3 Å². The molecule has 18 heavy (non-hydrogen) atoms. The van der Waals surface area contributed by atoms with Crippen LogP contribution in [-0.4, -0.2) is 5.78 Å². The molecule has 0 aromatic heterocycles. The zero-order valence-electron chi connectivity index (χ0n) is 9.86. The molecule has 2 aromatic rings. The molecule has 0 fully saturated rings. The number of benzene rings is 2. The zero-order valence-corrected chi connectivity index (χ0v) is 9.86. The quantitative estimate of drug-likeness (QED) is 0.795. The van der Waals surface area contributed by atoms with Crippen LogP contribution in [0.4, 0.5) is 5.69 Å². The second kappa shape index (κ2) is 4.49. The largest absolute Gasteiger partial charge is 0.333 e. The minimum Gasteiger partial charge on any atom is -0.333 e. The first-order valence-corrected chi connectivity index (χ1v) is 5.96. The van der Waals surface area contributed by atoms with E-state index >= 15 is 0 Å². The zero-order chi connectivity index (χ0) is 12.4. The average molecular weight is 235 g/mol. The molecule has 0 saturated heterocycles. The van der Waals surface area contributed by atoms with Crippen LogP contribution < -0.4 is 4.90 Å². The summed E-state index contributed by atoms with van der Waals surface area (Å²) in [7, 11) is 0. The number of hydrogen-bond donors (Lipinski definition) is 0. The van der Waals surface area contributed by atoms with E-state index in [1.165, 1.54) is 0 Å². The molecule has 1 atom stereocenters. The predicted molar refractivity (Wildman–Crippen MR) is 72.3 cm³/mol. The molecule has 88 valence electrons. The molecular weight excluding hydrogens is 222 g/mol. The van der Waals surface area contributed by atoms with Crippen LogP contribution in [0.3, 0.4) is 0 Å². The lowest BCUT2D eigenvalue weighted by Gasteiger charge is -2.24. The average Bonchev–Trinajstić information content (AvgIpc) is 2.83. The summed E-state index contributed by atoms with van der Waals surface area (Å²) in [4.78, 5) is 14.0. The summed E-state index contributed by atoms with van der Waals surface area (Å²) in [6.07, 6.45) is 3.50. The van der Waals surface area contributed by atoms with E-state index in [2.05, 4.69) is 0 Å². The van der Waals surface area contributed by atoms with Crippen molar-refractivity contribution in [3.63, 3.8) is 0 Å². The Labute approximate surface area is 106 Å². The number of ketones is 1. The number of para-hydroxylation sites is 1. The van der Waals surface area contributed by atoms with Gasteiger partial charge in [0.15, 0.2) is 5.78 Å². The van der Waals surface area contributed by atoms with Gasteiger partial charge >= 0.3 is 0 Å². The number of carbonyl (C=O) groups is 1. The van der Waals surface area contributed by atoms with E-state index in [4.69, 9.17) is 0 Å². The third-order valence-corrected chi connectivity index (χ3v) is 3.12. The van der Waals surface area contributed by atoms with Crippen molar-refractivity contribution in [2.45, 2.75) is 6.04 Å². The topological polar surface area (TPSA) is 20.3 Å². The van der Waals surface area contributed by atoms with Crippen LogP contribution in [-0.2, 0) is 4.79 Å². The fraction of sp³-hybridized carbons (Fsp3) is 0.0625. The van der Waals surface area contributed by atoms with Gasteiger partial charge < -0.3 is 4.90 Å². The molecule has 1 aliphatic rings. The van der Waals surface area contributed by atoms with Gasteiger partial charge in [-0.2, -0.15) is 0 Å². The van der Waals surface area contributed by atoms with Crippen molar-refractivity contribution in [1.82, 2.24) is 0 Å². The van der Waals surface area contributed by atoms with Crippen LogP contribution in [0.15, 0.2) is 72.9 Å². The number of rotatable bonds is 2. The van der Waals surface area contributed by atoms with Crippen LogP contribution in [0.5, 0.6) is 0 Å². The first-order chi connectivity index (χ1) is 8.86. The summed E-state index contributed by atoms with van der Waals surface area (Å²) in [5.41, 5.74) is 2.06. The molecule has 0 spiro atoms. The van der Waals surface area contributed by atoms with Gasteiger partial charge in [0.2, 0.25) is 0 Å². The maximum absolute atomic E-state index is 12.0. The molecule has 3 rings (SSSR count). The van der Waals surface area contributed by atoms with E-state index in [9.17, 15) is 4.79 Å². The number of carbonyl (C=O) groups excluding carboxylic acids is 1. The number of nitrogens with zero attached hydrogens (tertiary/aromatic N) is 1. The molecule has 2 heteroatoms. The highest BCUT2D eigenvalue weighted by Gasteiger charge is 2.29. The van der Waals surface area contributed by atoms with Crippen molar-refractivity contribution >= 4 is 11.5 Å². The standard InChI is InChI=1S/C16H13NO/c18-15-11-12-17(14-9-5-2-6-10-14)16(15)13-7-3-1-4-8-13/h1-12,16H. The summed E-state index contributed by atoms with van der Waals surface area (Å²) in [5, 5.41) is 0. The van der Waals surface area contributed by atoms with Gasteiger partial charge in [-0.25, -0.2) is 0 Å². The van der Waals surface area contributed by atoms with Crippen molar-refractivity contribution in [3.05, 3.63) is 78.5 Å². The molecule has 1 aliphatic heterocycles. The Morgan fingerprint density at radius 2 is 1.44 bits per heavy atom. The predicted octanol–water partition coefficient (Wildman–Crippen LogP) is 3.33. The molecule has 0 radical (unpaired) electrons. The summed E-state index contributed by atoms with van der Waals surface area (Å²) in [6, 6.07) is 19.6. The molecule has 1 unspecified atom stereocenters. The lowest BCUT2D eigenvalue weighted by molar-refractivity contribution is -0.115. The Morgan fingerprint density at radius 1 is 0.833 bits per heavy atom. The van der Waals surface area contributed by atoms with Crippen LogP contribution >= 0.6 is 0 Å². The highest BCUT2D eigenvalue weighted by atomic mass is 16.1. The van der Waals surface area contributed by atoms with Gasteiger partial charge in [-0.1, -0.05) is 48.5 Å². The molecule has 0 aliphatic carbocycles. The maximum atomic E-state index is 12.0. The summed E-state index contributed by atoms with van der Waals surface area (Å²) in [5.74, 6) is 0.130. The molecule has 0 saturated carbocycles. The van der Waals surface area contributed by atoms with Crippen LogP contribution in [0.2, 0.25) is 0 Å². The SMILES string of the molecule is O=C1C=CN(c2ccccc2)C1c1ccccc1. The van der Waals surface area contributed by atoms with Crippen molar-refractivity contribution in [3.8, 4) is 0 Å². The second-order valence-electron chi connectivity index (χ2n) is 4.27. The highest BCUT2D eigenvalue weighted by molar-refractivity contribution is 6.01. The van der Waals surface area contributed by atoms with Crippen LogP contribution in [0, 0.1) is 0 Å². The summed E-state index contributed by atoms with van der Waals surface area (Å²) < 4.78 is 0. The van der Waals surface area contributed by atoms with Crippen LogP contribution in [0.25, 0.3) is 0 Å². The second-order valence-corrected chi connectivity index (χ2v) is 4.27. The van der Waals surface area contributed by atoms with Gasteiger partial charge in [0.1, 0.15) is 6.04 Å². The molecule has 2 aromatic carbocycles. The van der Waals surface area contributed by atoms with Gasteiger partial charge in [-0.3, -0.25) is 4.79 Å². The van der Waals surface area contributed by atoms with Gasteiger partial charge in [-0.05, 0) is 23.8 Å². The minimum atomic E-state index is -0.228. The highest BCUT2D eigenvalue weighted by Crippen LogP contribution is 2.32. The molecule has 0 bridgehead atoms. The van der Waals surface area contributed by atoms with Crippen molar-refractivity contribution < 1.29 is 4.79 Å². The Balaban J connectivity index is 2.00. The third kappa shape index (κ3) is 1.82. The van der Waals surface area contributed by atoms with E-state index in [0.29, 0.717) is 0 Å². The Hall–Kier alpha value is -2.35. The van der Waals surface area contributed by atoms with Crippen molar-refractivity contribution in [1.29, 1.82) is 0 Å². The number of hydrogen-bond acceptors (Lipinski definition) is 2. The fourth-order valence-corrected chi connectivity index (χ4v) is 2.26. The number of anilines is 1. The Morgan fingerprint density at radius 3 is 2.11 bits per heavy atom. The monoisotopic (exact) mass is 235 g/mol. The van der Waals surface area contributed by atoms with E-state index in [-0.39, 0.29) is 11.8 Å². The fourth-order valence-electron chi connectivity index (χ4n) is 2.26. The molecule has 1 heterocycles. The first kappa shape index (κ1) is 10.8. The molecule has 2 nitrogen and oxygen atoms in total. The van der Waals surface area contributed by atoms with Crippen molar-refractivity contribution in [2.75, 3.05) is 4.90 Å². The van der Waals surface area contributed by atoms with Gasteiger partial charge in [0, 0.05) is 11.9 Å². The Kier molecular flexibility index (Phi) is 2.69. The summed E-state index contributed by atoms with van der Waals surface area (Å²) in [6.45, 7) is 0. The Bertz CT molecular complexity index is 575. The minimum absolute atomic E-state index is 0.130. The van der Waals surface area contributed by atoms with Gasteiger partial charge in [0.25, 0.3) is 0 Å². The smallest absolute Gasteiger partial charge is 0.184 e. The van der Waals surface area contributed by atoms with Gasteiger partial charge in [0.05, 0.1) is 0 Å².